The van der Waals surface area contributed by atoms with Gasteiger partial charge in [0.25, 0.3) is 0 Å². The van der Waals surface area contributed by atoms with E-state index in [9.17, 15) is 8.42 Å². The van der Waals surface area contributed by atoms with Gasteiger partial charge in [-0.25, -0.2) is 13.1 Å². The van der Waals surface area contributed by atoms with Crippen molar-refractivity contribution in [2.75, 3.05) is 30.4 Å². The molecule has 0 saturated carbocycles. The SMILES string of the molecule is CC(C)OCCNS(=O)(=O)CCSc1ccccc1N. The van der Waals surface area contributed by atoms with Gasteiger partial charge in [-0.3, -0.25) is 0 Å². The molecule has 1 aromatic rings. The van der Waals surface area contributed by atoms with Gasteiger partial charge in [0.15, 0.2) is 0 Å². The summed E-state index contributed by atoms with van der Waals surface area (Å²) < 4.78 is 31.3. The third-order valence-electron chi connectivity index (χ3n) is 2.40. The van der Waals surface area contributed by atoms with Crippen LogP contribution in [0.5, 0.6) is 0 Å². The van der Waals surface area contributed by atoms with E-state index in [1.807, 2.05) is 32.0 Å². The van der Waals surface area contributed by atoms with E-state index in [4.69, 9.17) is 10.5 Å². The summed E-state index contributed by atoms with van der Waals surface area (Å²) in [6.07, 6.45) is 0.108. The van der Waals surface area contributed by atoms with Crippen LogP contribution in [0.3, 0.4) is 0 Å². The van der Waals surface area contributed by atoms with E-state index in [0.717, 1.165) is 4.90 Å². The van der Waals surface area contributed by atoms with Gasteiger partial charge in [-0.05, 0) is 26.0 Å². The number of para-hydroxylation sites is 1. The highest BCUT2D eigenvalue weighted by atomic mass is 32.2. The zero-order chi connectivity index (χ0) is 15.0. The highest BCUT2D eigenvalue weighted by Crippen LogP contribution is 2.24. The van der Waals surface area contributed by atoms with Gasteiger partial charge in [0, 0.05) is 22.9 Å². The van der Waals surface area contributed by atoms with Crippen LogP contribution >= 0.6 is 11.8 Å². The lowest BCUT2D eigenvalue weighted by molar-refractivity contribution is 0.0834. The molecule has 1 aromatic carbocycles. The average Bonchev–Trinajstić information content (AvgIpc) is 2.37. The van der Waals surface area contributed by atoms with E-state index in [1.54, 1.807) is 6.07 Å². The number of benzene rings is 1. The second kappa shape index (κ2) is 8.51. The van der Waals surface area contributed by atoms with Gasteiger partial charge >= 0.3 is 0 Å². The summed E-state index contributed by atoms with van der Waals surface area (Å²) in [7, 11) is -3.25. The minimum atomic E-state index is -3.25. The van der Waals surface area contributed by atoms with E-state index in [1.165, 1.54) is 11.8 Å². The molecule has 114 valence electrons. The van der Waals surface area contributed by atoms with Gasteiger partial charge < -0.3 is 10.5 Å². The number of nitrogens with one attached hydrogen (secondary N) is 1. The van der Waals surface area contributed by atoms with Crippen LogP contribution in [-0.2, 0) is 14.8 Å². The van der Waals surface area contributed by atoms with Crippen molar-refractivity contribution in [1.82, 2.24) is 4.72 Å². The number of ether oxygens (including phenoxy) is 1. The van der Waals surface area contributed by atoms with Crippen molar-refractivity contribution < 1.29 is 13.2 Å². The fraction of sp³-hybridized carbons (Fsp3) is 0.538. The Hall–Kier alpha value is -0.760. The first kappa shape index (κ1) is 17.3. The highest BCUT2D eigenvalue weighted by molar-refractivity contribution is 8.00. The van der Waals surface area contributed by atoms with E-state index < -0.39 is 10.0 Å². The van der Waals surface area contributed by atoms with Gasteiger partial charge in [0.05, 0.1) is 18.5 Å². The van der Waals surface area contributed by atoms with Crippen molar-refractivity contribution in [3.63, 3.8) is 0 Å². The Balaban J connectivity index is 2.28. The fourth-order valence-corrected chi connectivity index (χ4v) is 3.82. The number of nitrogen functional groups attached to an aromatic ring is 1. The molecule has 0 aliphatic heterocycles. The van der Waals surface area contributed by atoms with Crippen molar-refractivity contribution in [2.24, 2.45) is 0 Å². The summed E-state index contributed by atoms with van der Waals surface area (Å²) in [6, 6.07) is 7.43. The lowest BCUT2D eigenvalue weighted by atomic mass is 10.3. The number of nitrogens with two attached hydrogens (primary N) is 1. The predicted octanol–water partition coefficient (Wildman–Crippen LogP) is 1.71. The fourth-order valence-electron chi connectivity index (χ4n) is 1.44. The third kappa shape index (κ3) is 7.14. The molecule has 0 aromatic heterocycles. The Morgan fingerprint density at radius 1 is 1.35 bits per heavy atom. The number of hydrogen-bond donors (Lipinski definition) is 2. The molecule has 0 spiro atoms. The topological polar surface area (TPSA) is 81.4 Å². The Labute approximate surface area is 125 Å². The van der Waals surface area contributed by atoms with Gasteiger partial charge in [0.2, 0.25) is 10.0 Å². The van der Waals surface area contributed by atoms with Crippen LogP contribution in [0.25, 0.3) is 0 Å². The Morgan fingerprint density at radius 3 is 2.70 bits per heavy atom. The molecular weight excluding hydrogens is 296 g/mol. The monoisotopic (exact) mass is 318 g/mol. The van der Waals surface area contributed by atoms with Crippen molar-refractivity contribution in [1.29, 1.82) is 0 Å². The summed E-state index contributed by atoms with van der Waals surface area (Å²) in [5, 5.41) is 0. The molecule has 0 fully saturated rings. The van der Waals surface area contributed by atoms with Crippen molar-refractivity contribution >= 4 is 27.5 Å². The van der Waals surface area contributed by atoms with Gasteiger partial charge in [-0.2, -0.15) is 0 Å². The van der Waals surface area contributed by atoms with Crippen LogP contribution in [0.2, 0.25) is 0 Å². The summed E-state index contributed by atoms with van der Waals surface area (Å²) in [4.78, 5) is 0.908. The van der Waals surface area contributed by atoms with Crippen molar-refractivity contribution in [3.8, 4) is 0 Å². The summed E-state index contributed by atoms with van der Waals surface area (Å²) in [6.45, 7) is 4.51. The largest absolute Gasteiger partial charge is 0.398 e. The molecule has 3 N–H and O–H groups in total. The molecule has 20 heavy (non-hydrogen) atoms. The van der Waals surface area contributed by atoms with Crippen LogP contribution in [0.1, 0.15) is 13.8 Å². The molecule has 0 radical (unpaired) electrons. The maximum absolute atomic E-state index is 11.7. The van der Waals surface area contributed by atoms with Crippen LogP contribution in [0.4, 0.5) is 5.69 Å². The number of thioether (sulfide) groups is 1. The van der Waals surface area contributed by atoms with E-state index in [-0.39, 0.29) is 11.9 Å². The molecule has 0 atom stereocenters. The van der Waals surface area contributed by atoms with E-state index >= 15 is 0 Å². The zero-order valence-electron chi connectivity index (χ0n) is 11.8. The Kier molecular flexibility index (Phi) is 7.36. The number of rotatable bonds is 9. The lowest BCUT2D eigenvalue weighted by Crippen LogP contribution is -2.31. The first-order valence-corrected chi connectivity index (χ1v) is 9.11. The molecule has 5 nitrogen and oxygen atoms in total. The van der Waals surface area contributed by atoms with E-state index in [2.05, 4.69) is 4.72 Å². The molecule has 0 amide bonds. The smallest absolute Gasteiger partial charge is 0.212 e. The lowest BCUT2D eigenvalue weighted by Gasteiger charge is -2.09. The second-order valence-corrected chi connectivity index (χ2v) is 7.58. The Bertz CT molecular complexity index is 504. The average molecular weight is 318 g/mol. The van der Waals surface area contributed by atoms with Gasteiger partial charge in [-0.1, -0.05) is 12.1 Å². The molecule has 0 aliphatic rings. The van der Waals surface area contributed by atoms with Crippen LogP contribution in [0.15, 0.2) is 29.2 Å². The first-order valence-electron chi connectivity index (χ1n) is 6.47. The van der Waals surface area contributed by atoms with Crippen molar-refractivity contribution in [2.45, 2.75) is 24.8 Å². The molecule has 0 heterocycles. The molecule has 0 unspecified atom stereocenters. The number of sulfonamides is 1. The summed E-state index contributed by atoms with van der Waals surface area (Å²) in [5.41, 5.74) is 6.47. The standard InChI is InChI=1S/C13H22N2O3S2/c1-11(2)18-8-7-15-20(16,17)10-9-19-13-6-4-3-5-12(13)14/h3-6,11,15H,7-10,14H2,1-2H3. The maximum atomic E-state index is 11.7. The van der Waals surface area contributed by atoms with E-state index in [0.29, 0.717) is 24.6 Å². The van der Waals surface area contributed by atoms with Crippen LogP contribution < -0.4 is 10.5 Å². The molecular formula is C13H22N2O3S2. The Morgan fingerprint density at radius 2 is 2.05 bits per heavy atom. The normalized spacial score (nSPS) is 11.9. The minimum Gasteiger partial charge on any atom is -0.398 e. The molecule has 7 heteroatoms. The second-order valence-electron chi connectivity index (χ2n) is 4.52. The highest BCUT2D eigenvalue weighted by Gasteiger charge is 2.10. The van der Waals surface area contributed by atoms with Gasteiger partial charge in [-0.15, -0.1) is 11.8 Å². The quantitative estimate of drug-likeness (QED) is 0.411. The van der Waals surface area contributed by atoms with Crippen LogP contribution in [-0.4, -0.2) is 39.2 Å². The molecule has 1 rings (SSSR count). The summed E-state index contributed by atoms with van der Waals surface area (Å²) in [5.74, 6) is 0.530. The maximum Gasteiger partial charge on any atom is 0.212 e. The molecule has 0 aliphatic carbocycles. The first-order chi connectivity index (χ1) is 9.41. The van der Waals surface area contributed by atoms with Crippen molar-refractivity contribution in [3.05, 3.63) is 24.3 Å². The number of hydrogen-bond acceptors (Lipinski definition) is 5. The van der Waals surface area contributed by atoms with Crippen LogP contribution in [0, 0.1) is 0 Å². The van der Waals surface area contributed by atoms with Gasteiger partial charge in [0.1, 0.15) is 0 Å². The number of anilines is 1. The summed E-state index contributed by atoms with van der Waals surface area (Å²) >= 11 is 1.44. The predicted molar refractivity (Wildman–Crippen MR) is 84.5 cm³/mol. The minimum absolute atomic E-state index is 0.0632. The zero-order valence-corrected chi connectivity index (χ0v) is 13.5. The molecule has 0 saturated heterocycles. The molecule has 0 bridgehead atoms. The third-order valence-corrected chi connectivity index (χ3v) is 5.14.